The molecule has 2 rings (SSSR count). The summed E-state index contributed by atoms with van der Waals surface area (Å²) in [4.78, 5) is 24.8. The fraction of sp³-hybridized carbons (Fsp3) is 0.333. The number of nitrogens with one attached hydrogen (secondary N) is 1. The number of carbonyl (C=O) groups excluding carboxylic acids is 2. The third kappa shape index (κ3) is 6.64. The monoisotopic (exact) mass is 489 g/mol. The van der Waals surface area contributed by atoms with Crippen LogP contribution in [0.3, 0.4) is 0 Å². The average Bonchev–Trinajstić information content (AvgIpc) is 2.72. The molecule has 0 heterocycles. The second-order valence-electron chi connectivity index (χ2n) is 7.91. The van der Waals surface area contributed by atoms with Crippen LogP contribution in [-0.4, -0.2) is 34.9 Å². The van der Waals surface area contributed by atoms with Crippen LogP contribution in [0.1, 0.15) is 26.3 Å². The van der Waals surface area contributed by atoms with Crippen LogP contribution in [0.2, 0.25) is 0 Å². The smallest absolute Gasteiger partial charge is 0.407 e. The third-order valence-electron chi connectivity index (χ3n) is 4.17. The molecule has 0 aliphatic rings. The Kier molecular flexibility index (Phi) is 8.63. The van der Waals surface area contributed by atoms with Crippen molar-refractivity contribution in [2.75, 3.05) is 0 Å². The van der Waals surface area contributed by atoms with Crippen molar-refractivity contribution < 1.29 is 37.3 Å². The van der Waals surface area contributed by atoms with Crippen LogP contribution in [-0.2, 0) is 16.0 Å². The number of hydrogen-bond donors (Lipinski definition) is 2. The van der Waals surface area contributed by atoms with Crippen molar-refractivity contribution in [3.8, 4) is 5.75 Å². The van der Waals surface area contributed by atoms with Crippen molar-refractivity contribution in [2.24, 2.45) is 0 Å². The number of carbonyl (C=O) groups is 2. The number of hydrogen-bond acceptors (Lipinski definition) is 5. The molecule has 11 heteroatoms. The fourth-order valence-corrected chi connectivity index (χ4v) is 3.24. The van der Waals surface area contributed by atoms with Gasteiger partial charge in [-0.3, -0.25) is 0 Å². The number of aliphatic hydroxyl groups excluding tert-OH is 1. The van der Waals surface area contributed by atoms with Gasteiger partial charge in [0.2, 0.25) is 0 Å². The molecule has 0 spiro atoms. The van der Waals surface area contributed by atoms with E-state index in [1.54, 1.807) is 69.6 Å². The lowest BCUT2D eigenvalue weighted by atomic mass is 10.0. The summed E-state index contributed by atoms with van der Waals surface area (Å²) in [6, 6.07) is 7.40. The molecular weight excluding hydrogens is 465 g/mol. The molecular formula is C21H24F3NO5P2. The molecule has 32 heavy (non-hydrogen) atoms. The Balaban J connectivity index is 2.29. The Morgan fingerprint density at radius 1 is 1.03 bits per heavy atom. The van der Waals surface area contributed by atoms with Gasteiger partial charge in [0.15, 0.2) is 29.3 Å². The van der Waals surface area contributed by atoms with Gasteiger partial charge in [-0.1, -0.05) is 48.8 Å². The van der Waals surface area contributed by atoms with E-state index in [-0.39, 0.29) is 6.42 Å². The lowest BCUT2D eigenvalue weighted by Crippen LogP contribution is -2.51. The number of amides is 1. The van der Waals surface area contributed by atoms with Crippen molar-refractivity contribution >= 4 is 41.2 Å². The Bertz CT molecular complexity index is 970. The molecule has 0 saturated carbocycles. The summed E-state index contributed by atoms with van der Waals surface area (Å²) in [6.45, 7) is 4.91. The van der Waals surface area contributed by atoms with Crippen LogP contribution in [0.25, 0.3) is 0 Å². The van der Waals surface area contributed by atoms with Gasteiger partial charge < -0.3 is 19.9 Å². The lowest BCUT2D eigenvalue weighted by Gasteiger charge is -2.26. The van der Waals surface area contributed by atoms with Gasteiger partial charge in [-0.25, -0.2) is 22.8 Å². The summed E-state index contributed by atoms with van der Waals surface area (Å²) in [6.07, 6.45) is -2.88. The van der Waals surface area contributed by atoms with Gasteiger partial charge in [0.1, 0.15) is 5.60 Å². The van der Waals surface area contributed by atoms with Crippen molar-refractivity contribution in [3.63, 3.8) is 0 Å². The highest BCUT2D eigenvalue weighted by molar-refractivity contribution is 7.28. The molecule has 0 fully saturated rings. The molecule has 4 atom stereocenters. The summed E-state index contributed by atoms with van der Waals surface area (Å²) in [5.41, 5.74) is -0.177. The van der Waals surface area contributed by atoms with E-state index in [1.165, 1.54) is 0 Å². The van der Waals surface area contributed by atoms with Crippen LogP contribution >= 0.6 is 18.5 Å². The summed E-state index contributed by atoms with van der Waals surface area (Å²) >= 11 is 0. The number of esters is 1. The molecule has 0 bridgehead atoms. The number of rotatable bonds is 6. The fourth-order valence-electron chi connectivity index (χ4n) is 2.67. The summed E-state index contributed by atoms with van der Waals surface area (Å²) in [5, 5.41) is 11.5. The van der Waals surface area contributed by atoms with Crippen molar-refractivity contribution in [1.29, 1.82) is 0 Å². The van der Waals surface area contributed by atoms with E-state index < -0.39 is 63.6 Å². The van der Waals surface area contributed by atoms with Gasteiger partial charge in [0.25, 0.3) is 0 Å². The number of aliphatic hydroxyl groups is 1. The molecule has 0 radical (unpaired) electrons. The summed E-state index contributed by atoms with van der Waals surface area (Å²) < 4.78 is 52.0. The zero-order valence-corrected chi connectivity index (χ0v) is 19.9. The minimum Gasteiger partial charge on any atom is -0.444 e. The van der Waals surface area contributed by atoms with E-state index in [1.807, 2.05) is 0 Å². The Morgan fingerprint density at radius 3 is 2.16 bits per heavy atom. The van der Waals surface area contributed by atoms with Gasteiger partial charge >= 0.3 is 12.1 Å². The Labute approximate surface area is 188 Å². The van der Waals surface area contributed by atoms with E-state index in [9.17, 15) is 27.9 Å². The highest BCUT2D eigenvalue weighted by Gasteiger charge is 2.33. The second-order valence-corrected chi connectivity index (χ2v) is 9.06. The van der Waals surface area contributed by atoms with E-state index >= 15 is 0 Å². The first-order valence-electron chi connectivity index (χ1n) is 9.46. The molecule has 2 N–H and O–H groups in total. The molecule has 1 amide bonds. The van der Waals surface area contributed by atoms with Gasteiger partial charge in [0, 0.05) is 5.30 Å². The molecule has 6 nitrogen and oxygen atoms in total. The Hall–Kier alpha value is -2.21. The first kappa shape index (κ1) is 26.0. The highest BCUT2D eigenvalue weighted by Crippen LogP contribution is 2.22. The molecule has 2 aromatic carbocycles. The van der Waals surface area contributed by atoms with Crippen LogP contribution in [0.4, 0.5) is 18.0 Å². The van der Waals surface area contributed by atoms with Crippen LogP contribution < -0.4 is 20.7 Å². The van der Waals surface area contributed by atoms with Gasteiger partial charge in [-0.15, -0.1) is 0 Å². The van der Waals surface area contributed by atoms with Crippen molar-refractivity contribution in [3.05, 3.63) is 53.3 Å². The highest BCUT2D eigenvalue weighted by atomic mass is 31.0. The molecule has 0 aliphatic heterocycles. The number of benzene rings is 2. The zero-order chi connectivity index (χ0) is 24.2. The zero-order valence-electron chi connectivity index (χ0n) is 17.6. The van der Waals surface area contributed by atoms with E-state index in [0.29, 0.717) is 5.56 Å². The standard InChI is InChI=1S/C21H24F3NO5P2/c1-21(2,3)30-20(28)25-11(9-10-7-5-4-6-8-10)15(26)19(27)29-16-14(24)17(31)12(22)13(23)18(16)32/h4-8,11,15,26H,9,31-32H2,1-3H3,(H,25,28)/t11-,15+/m1/s1. The SMILES string of the molecule is CC(C)(C)OC(=O)N[C@H](Cc1ccccc1)[C@H](O)C(=O)Oc1c(F)c(P)c(F)c(F)c1P. The van der Waals surface area contributed by atoms with Crippen LogP contribution in [0, 0.1) is 17.5 Å². The molecule has 174 valence electrons. The molecule has 0 aliphatic carbocycles. The summed E-state index contributed by atoms with van der Waals surface area (Å²) in [5.74, 6) is -6.46. The first-order valence-corrected chi connectivity index (χ1v) is 10.6. The normalized spacial score (nSPS) is 13.3. The van der Waals surface area contributed by atoms with Crippen LogP contribution in [0.5, 0.6) is 5.75 Å². The van der Waals surface area contributed by atoms with Crippen molar-refractivity contribution in [1.82, 2.24) is 5.32 Å². The predicted molar refractivity (Wildman–Crippen MR) is 120 cm³/mol. The maximum Gasteiger partial charge on any atom is 0.407 e. The van der Waals surface area contributed by atoms with Gasteiger partial charge in [0.05, 0.1) is 11.3 Å². The minimum atomic E-state index is -1.98. The van der Waals surface area contributed by atoms with Gasteiger partial charge in [-0.2, -0.15) is 0 Å². The molecule has 0 saturated heterocycles. The topological polar surface area (TPSA) is 84.9 Å². The largest absolute Gasteiger partial charge is 0.444 e. The second kappa shape index (κ2) is 10.6. The predicted octanol–water partition coefficient (Wildman–Crippen LogP) is 2.51. The maximum atomic E-state index is 14.4. The lowest BCUT2D eigenvalue weighted by molar-refractivity contribution is -0.145. The quantitative estimate of drug-likeness (QED) is 0.282. The first-order chi connectivity index (χ1) is 14.8. The maximum absolute atomic E-state index is 14.4. The summed E-state index contributed by atoms with van der Waals surface area (Å²) in [7, 11) is 3.42. The molecule has 0 aromatic heterocycles. The average molecular weight is 489 g/mol. The minimum absolute atomic E-state index is 0.000771. The van der Waals surface area contributed by atoms with Crippen molar-refractivity contribution in [2.45, 2.75) is 44.9 Å². The van der Waals surface area contributed by atoms with E-state index in [4.69, 9.17) is 9.47 Å². The number of ether oxygens (including phenoxy) is 2. The molecule has 2 aromatic rings. The van der Waals surface area contributed by atoms with E-state index in [2.05, 4.69) is 5.32 Å². The van der Waals surface area contributed by atoms with Crippen LogP contribution in [0.15, 0.2) is 30.3 Å². The number of alkyl carbamates (subject to hydrolysis) is 1. The molecule has 2 unspecified atom stereocenters. The number of halogens is 3. The Morgan fingerprint density at radius 2 is 1.59 bits per heavy atom. The van der Waals surface area contributed by atoms with E-state index in [0.717, 1.165) is 0 Å². The third-order valence-corrected chi connectivity index (χ3v) is 5.19. The van der Waals surface area contributed by atoms with Gasteiger partial charge in [-0.05, 0) is 32.8 Å².